The van der Waals surface area contributed by atoms with E-state index in [9.17, 15) is 15.2 Å². The largest absolute Gasteiger partial charge is 0.394 e. The average Bonchev–Trinajstić information content (AvgIpc) is 2.47. The van der Waals surface area contributed by atoms with Crippen molar-refractivity contribution in [2.45, 2.75) is 6.04 Å². The fourth-order valence-corrected chi connectivity index (χ4v) is 2.19. The number of aliphatic hydroxyl groups is 1. The van der Waals surface area contributed by atoms with Crippen molar-refractivity contribution < 1.29 is 10.0 Å². The molecule has 2 aromatic rings. The minimum atomic E-state index is -0.523. The molecule has 110 valence electrons. The third-order valence-corrected chi connectivity index (χ3v) is 3.43. The van der Waals surface area contributed by atoms with Crippen LogP contribution in [0.25, 0.3) is 0 Å². The van der Waals surface area contributed by atoms with Crippen LogP contribution in [0.4, 0.5) is 11.4 Å². The fraction of sp³-hybridized carbons (Fsp3) is 0.143. The first-order valence-electron chi connectivity index (χ1n) is 6.08. The summed E-state index contributed by atoms with van der Waals surface area (Å²) in [7, 11) is 0. The number of hydrogen-bond donors (Lipinski definition) is 2. The number of benzene rings is 2. The molecule has 0 radical (unpaired) electrons. The average molecular weight is 327 g/mol. The van der Waals surface area contributed by atoms with Crippen LogP contribution in [-0.2, 0) is 0 Å². The summed E-state index contributed by atoms with van der Waals surface area (Å²) in [6.45, 7) is -0.221. The Morgan fingerprint density at radius 1 is 1.14 bits per heavy atom. The molecule has 0 saturated heterocycles. The molecule has 0 spiro atoms. The molecule has 0 aliphatic heterocycles. The van der Waals surface area contributed by atoms with Gasteiger partial charge in [-0.05, 0) is 29.8 Å². The summed E-state index contributed by atoms with van der Waals surface area (Å²) in [6, 6.07) is 10.7. The Balaban J connectivity index is 2.30. The highest BCUT2D eigenvalue weighted by molar-refractivity contribution is 6.31. The van der Waals surface area contributed by atoms with E-state index in [-0.39, 0.29) is 17.3 Å². The zero-order valence-electron chi connectivity index (χ0n) is 10.8. The van der Waals surface area contributed by atoms with Crippen LogP contribution in [0.1, 0.15) is 11.6 Å². The highest BCUT2D eigenvalue weighted by Gasteiger charge is 2.18. The summed E-state index contributed by atoms with van der Waals surface area (Å²) in [6.07, 6.45) is 0. The van der Waals surface area contributed by atoms with Crippen LogP contribution in [0.15, 0.2) is 42.5 Å². The van der Waals surface area contributed by atoms with Crippen LogP contribution in [0.3, 0.4) is 0 Å². The maximum absolute atomic E-state index is 11.1. The second kappa shape index (κ2) is 6.76. The first-order chi connectivity index (χ1) is 10.0. The number of rotatable bonds is 5. The van der Waals surface area contributed by atoms with Gasteiger partial charge in [-0.15, -0.1) is 0 Å². The molecule has 0 aliphatic carbocycles. The van der Waals surface area contributed by atoms with Crippen LogP contribution in [0, 0.1) is 10.1 Å². The summed E-state index contributed by atoms with van der Waals surface area (Å²) < 4.78 is 0. The van der Waals surface area contributed by atoms with Gasteiger partial charge in [0.2, 0.25) is 0 Å². The van der Waals surface area contributed by atoms with Crippen LogP contribution in [0.5, 0.6) is 0 Å². The predicted molar refractivity (Wildman–Crippen MR) is 83.0 cm³/mol. The van der Waals surface area contributed by atoms with Crippen molar-refractivity contribution in [2.75, 3.05) is 11.9 Å². The first-order valence-corrected chi connectivity index (χ1v) is 6.83. The maximum Gasteiger partial charge on any atom is 0.293 e. The number of hydrogen-bond acceptors (Lipinski definition) is 4. The van der Waals surface area contributed by atoms with Crippen molar-refractivity contribution in [2.24, 2.45) is 0 Å². The summed E-state index contributed by atoms with van der Waals surface area (Å²) in [5.41, 5.74) is 0.916. The van der Waals surface area contributed by atoms with Crippen molar-refractivity contribution in [3.8, 4) is 0 Å². The molecule has 0 saturated carbocycles. The number of anilines is 1. The normalized spacial score (nSPS) is 12.0. The van der Waals surface area contributed by atoms with Gasteiger partial charge in [-0.25, -0.2) is 0 Å². The second-order valence-corrected chi connectivity index (χ2v) is 5.22. The van der Waals surface area contributed by atoms with Crippen LogP contribution >= 0.6 is 23.2 Å². The molecule has 0 heterocycles. The van der Waals surface area contributed by atoms with Crippen molar-refractivity contribution in [1.82, 2.24) is 0 Å². The highest BCUT2D eigenvalue weighted by atomic mass is 35.5. The zero-order chi connectivity index (χ0) is 15.4. The quantitative estimate of drug-likeness (QED) is 0.642. The fourth-order valence-electron chi connectivity index (χ4n) is 1.90. The lowest BCUT2D eigenvalue weighted by Gasteiger charge is -2.18. The lowest BCUT2D eigenvalue weighted by molar-refractivity contribution is -0.384. The lowest BCUT2D eigenvalue weighted by Crippen LogP contribution is -2.15. The Kier molecular flexibility index (Phi) is 5.01. The Morgan fingerprint density at radius 2 is 1.76 bits per heavy atom. The standard InChI is InChI=1S/C14H12Cl2N2O3/c15-10-3-1-9(2-4-10)13(8-19)17-12-6-5-11(16)7-14(12)18(20)21/h1-7,13,17,19H,8H2. The zero-order valence-corrected chi connectivity index (χ0v) is 12.3. The monoisotopic (exact) mass is 326 g/mol. The van der Waals surface area contributed by atoms with E-state index in [1.165, 1.54) is 12.1 Å². The predicted octanol–water partition coefficient (Wildman–Crippen LogP) is 4.05. The molecule has 1 unspecified atom stereocenters. The summed E-state index contributed by atoms with van der Waals surface area (Å²) >= 11 is 11.6. The number of aliphatic hydroxyl groups excluding tert-OH is 1. The Bertz CT molecular complexity index is 647. The van der Waals surface area contributed by atoms with E-state index in [4.69, 9.17) is 23.2 Å². The van der Waals surface area contributed by atoms with E-state index in [0.717, 1.165) is 5.56 Å². The third-order valence-electron chi connectivity index (χ3n) is 2.94. The third kappa shape index (κ3) is 3.85. The smallest absolute Gasteiger partial charge is 0.293 e. The van der Waals surface area contributed by atoms with E-state index < -0.39 is 11.0 Å². The Hall–Kier alpha value is -1.82. The van der Waals surface area contributed by atoms with Gasteiger partial charge in [0.05, 0.1) is 17.6 Å². The van der Waals surface area contributed by atoms with E-state index in [2.05, 4.69) is 5.32 Å². The van der Waals surface area contributed by atoms with E-state index in [1.807, 2.05) is 0 Å². The number of nitro benzene ring substituents is 1. The van der Waals surface area contributed by atoms with Crippen molar-refractivity contribution in [3.63, 3.8) is 0 Å². The highest BCUT2D eigenvalue weighted by Crippen LogP contribution is 2.31. The molecule has 2 N–H and O–H groups in total. The molecule has 21 heavy (non-hydrogen) atoms. The van der Waals surface area contributed by atoms with E-state index in [0.29, 0.717) is 10.7 Å². The van der Waals surface area contributed by atoms with Crippen LogP contribution < -0.4 is 5.32 Å². The van der Waals surface area contributed by atoms with Gasteiger partial charge >= 0.3 is 0 Å². The van der Waals surface area contributed by atoms with E-state index in [1.54, 1.807) is 30.3 Å². The van der Waals surface area contributed by atoms with Gasteiger partial charge in [0, 0.05) is 16.1 Å². The van der Waals surface area contributed by atoms with Gasteiger partial charge < -0.3 is 10.4 Å². The van der Waals surface area contributed by atoms with Gasteiger partial charge in [0.15, 0.2) is 0 Å². The minimum Gasteiger partial charge on any atom is -0.394 e. The molecule has 1 atom stereocenters. The molecular formula is C14H12Cl2N2O3. The topological polar surface area (TPSA) is 75.4 Å². The van der Waals surface area contributed by atoms with Gasteiger partial charge in [-0.2, -0.15) is 0 Å². The van der Waals surface area contributed by atoms with Crippen molar-refractivity contribution >= 4 is 34.6 Å². The molecular weight excluding hydrogens is 315 g/mol. The minimum absolute atomic E-state index is 0.144. The molecule has 0 amide bonds. The Morgan fingerprint density at radius 3 is 2.33 bits per heavy atom. The number of nitrogens with one attached hydrogen (secondary N) is 1. The summed E-state index contributed by atoms with van der Waals surface area (Å²) in [4.78, 5) is 10.5. The second-order valence-electron chi connectivity index (χ2n) is 4.35. The summed E-state index contributed by atoms with van der Waals surface area (Å²) in [5.74, 6) is 0. The lowest BCUT2D eigenvalue weighted by atomic mass is 10.1. The van der Waals surface area contributed by atoms with Crippen LogP contribution in [-0.4, -0.2) is 16.6 Å². The van der Waals surface area contributed by atoms with Gasteiger partial charge in [-0.1, -0.05) is 35.3 Å². The van der Waals surface area contributed by atoms with Gasteiger partial charge in [-0.3, -0.25) is 10.1 Å². The molecule has 7 heteroatoms. The molecule has 2 rings (SSSR count). The first kappa shape index (κ1) is 15.6. The number of nitro groups is 1. The molecule has 0 aromatic heterocycles. The molecule has 0 aliphatic rings. The van der Waals surface area contributed by atoms with Crippen molar-refractivity contribution in [3.05, 3.63) is 68.2 Å². The van der Waals surface area contributed by atoms with Crippen molar-refractivity contribution in [1.29, 1.82) is 0 Å². The SMILES string of the molecule is O=[N+]([O-])c1cc(Cl)ccc1NC(CO)c1ccc(Cl)cc1. The van der Waals surface area contributed by atoms with Gasteiger partial charge in [0.25, 0.3) is 5.69 Å². The molecule has 0 fully saturated rings. The van der Waals surface area contributed by atoms with Crippen LogP contribution in [0.2, 0.25) is 10.0 Å². The Labute approximate surface area is 131 Å². The molecule has 5 nitrogen and oxygen atoms in total. The summed E-state index contributed by atoms with van der Waals surface area (Å²) in [5, 5.41) is 24.4. The number of halogens is 2. The van der Waals surface area contributed by atoms with E-state index >= 15 is 0 Å². The van der Waals surface area contributed by atoms with Gasteiger partial charge in [0.1, 0.15) is 5.69 Å². The molecule has 2 aromatic carbocycles. The maximum atomic E-state index is 11.1. The number of nitrogens with zero attached hydrogens (tertiary/aromatic N) is 1. The molecule has 0 bridgehead atoms.